The Morgan fingerprint density at radius 1 is 1.14 bits per heavy atom. The van der Waals surface area contributed by atoms with Gasteiger partial charge in [0.1, 0.15) is 17.6 Å². The van der Waals surface area contributed by atoms with Gasteiger partial charge in [-0.1, -0.05) is 18.6 Å². The molecule has 0 spiro atoms. The highest BCUT2D eigenvalue weighted by atomic mass is 19.4. The largest absolute Gasteiger partial charge is 0.493 e. The molecule has 0 amide bonds. The molecule has 6 nitrogen and oxygen atoms in total. The van der Waals surface area contributed by atoms with Crippen molar-refractivity contribution in [2.24, 2.45) is 0 Å². The SMILES string of the molecule is Cc1oc(-c2ccc(C(F)(F)F)cc2)nc1CCOc1ccc(CN2CCCCC2C(=O)O)cc1. The number of aliphatic carboxylic acids is 1. The number of aryl methyl sites for hydroxylation is 1. The third kappa shape index (κ3) is 6.22. The Hall–Kier alpha value is -3.33. The number of ether oxygens (including phenoxy) is 1. The summed E-state index contributed by atoms with van der Waals surface area (Å²) in [4.78, 5) is 17.9. The van der Waals surface area contributed by atoms with Gasteiger partial charge in [-0.25, -0.2) is 4.98 Å². The number of carboxylic acids is 1. The van der Waals surface area contributed by atoms with Gasteiger partial charge in [0.15, 0.2) is 0 Å². The quantitative estimate of drug-likeness (QED) is 0.437. The summed E-state index contributed by atoms with van der Waals surface area (Å²) in [6.45, 7) is 3.48. The van der Waals surface area contributed by atoms with E-state index >= 15 is 0 Å². The van der Waals surface area contributed by atoms with E-state index < -0.39 is 23.8 Å². The summed E-state index contributed by atoms with van der Waals surface area (Å²) in [5.74, 6) is 0.780. The zero-order chi connectivity index (χ0) is 25.0. The number of likely N-dealkylation sites (tertiary alicyclic amines) is 1. The van der Waals surface area contributed by atoms with Gasteiger partial charge in [-0.2, -0.15) is 13.2 Å². The average molecular weight is 489 g/mol. The predicted molar refractivity (Wildman–Crippen MR) is 123 cm³/mol. The van der Waals surface area contributed by atoms with Crippen molar-refractivity contribution in [2.75, 3.05) is 13.2 Å². The Bertz CT molecular complexity index is 1140. The summed E-state index contributed by atoms with van der Waals surface area (Å²) < 4.78 is 49.8. The van der Waals surface area contributed by atoms with Crippen molar-refractivity contribution in [3.63, 3.8) is 0 Å². The molecule has 0 bridgehead atoms. The molecule has 4 rings (SSSR count). The molecule has 1 unspecified atom stereocenters. The summed E-state index contributed by atoms with van der Waals surface area (Å²) in [6, 6.07) is 11.9. The van der Waals surface area contributed by atoms with Crippen LogP contribution in [0.1, 0.15) is 41.8 Å². The van der Waals surface area contributed by atoms with Crippen LogP contribution in [-0.4, -0.2) is 40.2 Å². The molecule has 1 atom stereocenters. The van der Waals surface area contributed by atoms with E-state index in [-0.39, 0.29) is 5.89 Å². The van der Waals surface area contributed by atoms with Crippen LogP contribution in [0.15, 0.2) is 52.9 Å². The van der Waals surface area contributed by atoms with Gasteiger partial charge >= 0.3 is 12.1 Å². The molecule has 1 saturated heterocycles. The van der Waals surface area contributed by atoms with Crippen molar-refractivity contribution in [1.82, 2.24) is 9.88 Å². The number of piperidine rings is 1. The predicted octanol–water partition coefficient (Wildman–Crippen LogP) is 5.73. The minimum Gasteiger partial charge on any atom is -0.493 e. The molecule has 186 valence electrons. The van der Waals surface area contributed by atoms with Crippen molar-refractivity contribution in [1.29, 1.82) is 0 Å². The minimum absolute atomic E-state index is 0.271. The summed E-state index contributed by atoms with van der Waals surface area (Å²) in [5.41, 5.74) is 1.46. The Morgan fingerprint density at radius 2 is 1.86 bits per heavy atom. The lowest BCUT2D eigenvalue weighted by atomic mass is 10.0. The number of hydrogen-bond donors (Lipinski definition) is 1. The normalized spacial score (nSPS) is 16.9. The van der Waals surface area contributed by atoms with Crippen LogP contribution in [0.4, 0.5) is 13.2 Å². The standard InChI is InChI=1S/C26H27F3N2O4/c1-17-22(30-24(35-17)19-7-9-20(10-8-19)26(27,28)29)13-15-34-21-11-5-18(6-12-21)16-31-14-3-2-4-23(31)25(32)33/h5-12,23H,2-4,13-16H2,1H3,(H,32,33). The smallest absolute Gasteiger partial charge is 0.416 e. The molecular weight excluding hydrogens is 461 g/mol. The van der Waals surface area contributed by atoms with Crippen LogP contribution in [0.3, 0.4) is 0 Å². The summed E-state index contributed by atoms with van der Waals surface area (Å²) >= 11 is 0. The number of oxazole rings is 1. The van der Waals surface area contributed by atoms with Gasteiger partial charge in [-0.05, 0) is 68.3 Å². The molecule has 2 heterocycles. The van der Waals surface area contributed by atoms with E-state index in [0.29, 0.717) is 48.8 Å². The molecule has 0 saturated carbocycles. The van der Waals surface area contributed by atoms with Crippen LogP contribution in [0.25, 0.3) is 11.5 Å². The minimum atomic E-state index is -4.39. The fourth-order valence-electron chi connectivity index (χ4n) is 4.24. The summed E-state index contributed by atoms with van der Waals surface area (Å²) in [5, 5.41) is 9.43. The first-order valence-corrected chi connectivity index (χ1v) is 11.5. The van der Waals surface area contributed by atoms with Crippen molar-refractivity contribution in [3.05, 3.63) is 71.1 Å². The zero-order valence-corrected chi connectivity index (χ0v) is 19.3. The number of halogens is 3. The summed E-state index contributed by atoms with van der Waals surface area (Å²) in [6.07, 6.45) is -1.28. The molecular formula is C26H27F3N2O4. The first-order chi connectivity index (χ1) is 16.7. The van der Waals surface area contributed by atoms with Gasteiger partial charge in [-0.15, -0.1) is 0 Å². The van der Waals surface area contributed by atoms with Gasteiger partial charge in [0.05, 0.1) is 17.9 Å². The van der Waals surface area contributed by atoms with Gasteiger partial charge in [0.2, 0.25) is 5.89 Å². The lowest BCUT2D eigenvalue weighted by Crippen LogP contribution is -2.43. The second-order valence-electron chi connectivity index (χ2n) is 8.66. The number of alkyl halides is 3. The van der Waals surface area contributed by atoms with E-state index in [9.17, 15) is 23.1 Å². The lowest BCUT2D eigenvalue weighted by Gasteiger charge is -2.32. The van der Waals surface area contributed by atoms with Crippen LogP contribution in [-0.2, 0) is 23.9 Å². The van der Waals surface area contributed by atoms with Gasteiger partial charge in [0, 0.05) is 18.5 Å². The van der Waals surface area contributed by atoms with Gasteiger partial charge in [0.25, 0.3) is 0 Å². The van der Waals surface area contributed by atoms with Crippen molar-refractivity contribution < 1.29 is 32.2 Å². The molecule has 1 aliphatic rings. The van der Waals surface area contributed by atoms with Crippen LogP contribution in [0.2, 0.25) is 0 Å². The maximum atomic E-state index is 12.8. The van der Waals surface area contributed by atoms with E-state index in [2.05, 4.69) is 4.98 Å². The molecule has 35 heavy (non-hydrogen) atoms. The molecule has 3 aromatic rings. The highest BCUT2D eigenvalue weighted by Gasteiger charge is 2.30. The maximum absolute atomic E-state index is 12.8. The number of hydrogen-bond acceptors (Lipinski definition) is 5. The van der Waals surface area contributed by atoms with Crippen LogP contribution < -0.4 is 4.74 Å². The molecule has 9 heteroatoms. The average Bonchev–Trinajstić information content (AvgIpc) is 3.20. The molecule has 1 aliphatic heterocycles. The van der Waals surface area contributed by atoms with Crippen LogP contribution >= 0.6 is 0 Å². The second-order valence-corrected chi connectivity index (χ2v) is 8.66. The number of nitrogens with zero attached hydrogens (tertiary/aromatic N) is 2. The zero-order valence-electron chi connectivity index (χ0n) is 19.3. The maximum Gasteiger partial charge on any atom is 0.416 e. The monoisotopic (exact) mass is 488 g/mol. The first kappa shape index (κ1) is 24.8. The topological polar surface area (TPSA) is 75.8 Å². The van der Waals surface area contributed by atoms with Crippen LogP contribution in [0, 0.1) is 6.92 Å². The molecule has 1 fully saturated rings. The number of benzene rings is 2. The fraction of sp³-hybridized carbons (Fsp3) is 0.385. The third-order valence-corrected chi connectivity index (χ3v) is 6.17. The summed E-state index contributed by atoms with van der Waals surface area (Å²) in [7, 11) is 0. The highest BCUT2D eigenvalue weighted by molar-refractivity contribution is 5.73. The van der Waals surface area contributed by atoms with Crippen molar-refractivity contribution in [3.8, 4) is 17.2 Å². The Labute approximate surface area is 201 Å². The lowest BCUT2D eigenvalue weighted by molar-refractivity contribution is -0.145. The number of carboxylic acid groups (broad SMARTS) is 1. The number of carbonyl (C=O) groups is 1. The number of aromatic nitrogens is 1. The van der Waals surface area contributed by atoms with E-state index in [1.807, 2.05) is 29.2 Å². The van der Waals surface area contributed by atoms with Crippen LogP contribution in [0.5, 0.6) is 5.75 Å². The fourth-order valence-corrected chi connectivity index (χ4v) is 4.24. The van der Waals surface area contributed by atoms with Crippen molar-refractivity contribution in [2.45, 2.75) is 51.4 Å². The van der Waals surface area contributed by atoms with E-state index in [1.54, 1.807) is 6.92 Å². The Morgan fingerprint density at radius 3 is 2.51 bits per heavy atom. The van der Waals surface area contributed by atoms with E-state index in [0.717, 1.165) is 37.1 Å². The van der Waals surface area contributed by atoms with Crippen molar-refractivity contribution >= 4 is 5.97 Å². The number of rotatable bonds is 8. The van der Waals surface area contributed by atoms with Gasteiger partial charge in [-0.3, -0.25) is 9.69 Å². The Kier molecular flexibility index (Phi) is 7.45. The highest BCUT2D eigenvalue weighted by Crippen LogP contribution is 2.31. The first-order valence-electron chi connectivity index (χ1n) is 11.5. The molecule has 0 aliphatic carbocycles. The van der Waals surface area contributed by atoms with Gasteiger partial charge < -0.3 is 14.3 Å². The second kappa shape index (κ2) is 10.5. The molecule has 1 aromatic heterocycles. The molecule has 0 radical (unpaired) electrons. The van der Waals surface area contributed by atoms with E-state index in [1.165, 1.54) is 12.1 Å². The third-order valence-electron chi connectivity index (χ3n) is 6.17. The molecule has 2 aromatic carbocycles. The Balaban J connectivity index is 1.31. The molecule has 1 N–H and O–H groups in total. The van der Waals surface area contributed by atoms with E-state index in [4.69, 9.17) is 9.15 Å².